The van der Waals surface area contributed by atoms with Crippen molar-refractivity contribution >= 4 is 17.9 Å². The molecule has 1 aliphatic heterocycles. The molecule has 0 radical (unpaired) electrons. The van der Waals surface area contributed by atoms with Gasteiger partial charge in [-0.05, 0) is 29.5 Å². The van der Waals surface area contributed by atoms with Crippen LogP contribution < -0.4 is 10.6 Å². The summed E-state index contributed by atoms with van der Waals surface area (Å²) >= 11 is 0. The summed E-state index contributed by atoms with van der Waals surface area (Å²) < 4.78 is 38.5. The van der Waals surface area contributed by atoms with Gasteiger partial charge in [0.25, 0.3) is 0 Å². The highest BCUT2D eigenvalue weighted by Gasteiger charge is 2.46. The highest BCUT2D eigenvalue weighted by molar-refractivity contribution is 6.01. The average Bonchev–Trinajstić information content (AvgIpc) is 2.72. The molecule has 1 fully saturated rings. The largest absolute Gasteiger partial charge is 0.408 e. The zero-order valence-corrected chi connectivity index (χ0v) is 15.6. The van der Waals surface area contributed by atoms with Crippen LogP contribution in [0.15, 0.2) is 61.2 Å². The molecule has 3 unspecified atom stereocenters. The quantitative estimate of drug-likeness (QED) is 0.743. The van der Waals surface area contributed by atoms with E-state index >= 15 is 0 Å². The van der Waals surface area contributed by atoms with Gasteiger partial charge in [-0.2, -0.15) is 13.2 Å². The SMILES string of the molecule is C=Cc1ccc(C(NC(=O)C2CCC(C(F)(F)F)NC2=O)c2ccccc2)cc1. The molecular weight excluding hydrogens is 381 g/mol. The van der Waals surface area contributed by atoms with Crippen LogP contribution in [0.2, 0.25) is 0 Å². The number of hydrogen-bond acceptors (Lipinski definition) is 2. The maximum absolute atomic E-state index is 12.8. The molecule has 1 aliphatic rings. The van der Waals surface area contributed by atoms with E-state index < -0.39 is 36.0 Å². The maximum atomic E-state index is 12.8. The summed E-state index contributed by atoms with van der Waals surface area (Å²) in [6.07, 6.45) is -3.30. The Balaban J connectivity index is 1.80. The van der Waals surface area contributed by atoms with Crippen LogP contribution in [0.4, 0.5) is 13.2 Å². The van der Waals surface area contributed by atoms with Gasteiger partial charge < -0.3 is 10.6 Å². The van der Waals surface area contributed by atoms with E-state index in [0.717, 1.165) is 16.7 Å². The smallest absolute Gasteiger partial charge is 0.344 e. The molecule has 0 spiro atoms. The Labute approximate surface area is 166 Å². The lowest BCUT2D eigenvalue weighted by molar-refractivity contribution is -0.171. The van der Waals surface area contributed by atoms with E-state index in [9.17, 15) is 22.8 Å². The second-order valence-corrected chi connectivity index (χ2v) is 6.96. The number of hydrogen-bond donors (Lipinski definition) is 2. The van der Waals surface area contributed by atoms with Gasteiger partial charge in [-0.15, -0.1) is 0 Å². The summed E-state index contributed by atoms with van der Waals surface area (Å²) in [5.41, 5.74) is 2.51. The molecule has 2 N–H and O–H groups in total. The fourth-order valence-electron chi connectivity index (χ4n) is 3.38. The predicted octanol–water partition coefficient (Wildman–Crippen LogP) is 3.99. The van der Waals surface area contributed by atoms with Crippen molar-refractivity contribution in [2.24, 2.45) is 5.92 Å². The lowest BCUT2D eigenvalue weighted by Crippen LogP contribution is -2.54. The molecule has 1 saturated heterocycles. The number of rotatable bonds is 5. The predicted molar refractivity (Wildman–Crippen MR) is 104 cm³/mol. The average molecular weight is 402 g/mol. The van der Waals surface area contributed by atoms with Crippen LogP contribution in [0.25, 0.3) is 6.08 Å². The van der Waals surface area contributed by atoms with Crippen molar-refractivity contribution in [3.63, 3.8) is 0 Å². The molecule has 2 aromatic carbocycles. The van der Waals surface area contributed by atoms with Crippen molar-refractivity contribution in [2.45, 2.75) is 31.1 Å². The summed E-state index contributed by atoms with van der Waals surface area (Å²) in [6.45, 7) is 3.71. The van der Waals surface area contributed by atoms with Gasteiger partial charge >= 0.3 is 6.18 Å². The first kappa shape index (κ1) is 20.6. The van der Waals surface area contributed by atoms with E-state index in [1.165, 1.54) is 0 Å². The number of carbonyl (C=O) groups is 2. The summed E-state index contributed by atoms with van der Waals surface area (Å²) in [6, 6.07) is 14.1. The molecule has 152 valence electrons. The first-order valence-electron chi connectivity index (χ1n) is 9.24. The number of alkyl halides is 3. The minimum absolute atomic E-state index is 0.154. The van der Waals surface area contributed by atoms with Crippen LogP contribution in [-0.4, -0.2) is 24.0 Å². The molecule has 3 atom stereocenters. The first-order valence-corrected chi connectivity index (χ1v) is 9.24. The van der Waals surface area contributed by atoms with E-state index in [2.05, 4.69) is 11.9 Å². The number of halogens is 3. The molecule has 7 heteroatoms. The van der Waals surface area contributed by atoms with Crippen molar-refractivity contribution < 1.29 is 22.8 Å². The van der Waals surface area contributed by atoms with Crippen LogP contribution in [0.5, 0.6) is 0 Å². The number of nitrogens with one attached hydrogen (secondary N) is 2. The normalized spacial score (nSPS) is 20.4. The number of benzene rings is 2. The minimum Gasteiger partial charge on any atom is -0.344 e. The number of carbonyl (C=O) groups excluding carboxylic acids is 2. The van der Waals surface area contributed by atoms with Crippen molar-refractivity contribution in [3.8, 4) is 0 Å². The fourth-order valence-corrected chi connectivity index (χ4v) is 3.38. The maximum Gasteiger partial charge on any atom is 0.408 e. The van der Waals surface area contributed by atoms with E-state index in [4.69, 9.17) is 0 Å². The van der Waals surface area contributed by atoms with Crippen LogP contribution in [0.1, 0.15) is 35.6 Å². The topological polar surface area (TPSA) is 58.2 Å². The molecule has 2 aromatic rings. The van der Waals surface area contributed by atoms with Crippen LogP contribution in [-0.2, 0) is 9.59 Å². The van der Waals surface area contributed by atoms with Crippen molar-refractivity contribution in [2.75, 3.05) is 0 Å². The zero-order valence-electron chi connectivity index (χ0n) is 15.6. The second kappa shape index (κ2) is 8.51. The highest BCUT2D eigenvalue weighted by atomic mass is 19.4. The van der Waals surface area contributed by atoms with Crippen molar-refractivity contribution in [3.05, 3.63) is 77.9 Å². The van der Waals surface area contributed by atoms with Crippen LogP contribution in [0, 0.1) is 5.92 Å². The molecule has 1 heterocycles. The van der Waals surface area contributed by atoms with Crippen LogP contribution in [0.3, 0.4) is 0 Å². The van der Waals surface area contributed by atoms with E-state index in [-0.39, 0.29) is 12.8 Å². The van der Waals surface area contributed by atoms with Gasteiger partial charge in [0.05, 0.1) is 6.04 Å². The molecule has 29 heavy (non-hydrogen) atoms. The van der Waals surface area contributed by atoms with Gasteiger partial charge in [-0.25, -0.2) is 0 Å². The van der Waals surface area contributed by atoms with Gasteiger partial charge in [0, 0.05) is 0 Å². The first-order chi connectivity index (χ1) is 13.8. The Bertz CT molecular complexity index is 879. The molecule has 3 rings (SSSR count). The van der Waals surface area contributed by atoms with E-state index in [1.54, 1.807) is 6.08 Å². The number of piperidine rings is 1. The van der Waals surface area contributed by atoms with Gasteiger partial charge in [0.15, 0.2) is 0 Å². The minimum atomic E-state index is -4.52. The number of amides is 2. The lowest BCUT2D eigenvalue weighted by atomic mass is 9.91. The van der Waals surface area contributed by atoms with E-state index in [0.29, 0.717) is 0 Å². The Morgan fingerprint density at radius 2 is 1.69 bits per heavy atom. The monoisotopic (exact) mass is 402 g/mol. The Morgan fingerprint density at radius 1 is 1.07 bits per heavy atom. The van der Waals surface area contributed by atoms with Gasteiger partial charge in [0.1, 0.15) is 12.0 Å². The molecule has 0 aromatic heterocycles. The molecule has 0 bridgehead atoms. The molecular formula is C22H21F3N2O2. The van der Waals surface area contributed by atoms with Gasteiger partial charge in [-0.3, -0.25) is 9.59 Å². The molecule has 0 saturated carbocycles. The fraction of sp³-hybridized carbons (Fsp3) is 0.273. The summed E-state index contributed by atoms with van der Waals surface area (Å²) in [4.78, 5) is 24.9. The Morgan fingerprint density at radius 3 is 2.24 bits per heavy atom. The standard InChI is InChI=1S/C22H21F3N2O2/c1-2-14-8-10-16(11-9-14)19(15-6-4-3-5-7-15)27-21(29)17-12-13-18(22(23,24)25)26-20(17)28/h2-11,17-19H,1,12-13H2,(H,26,28)(H,27,29). The van der Waals surface area contributed by atoms with Gasteiger partial charge in [-0.1, -0.05) is 67.3 Å². The van der Waals surface area contributed by atoms with Crippen LogP contribution >= 0.6 is 0 Å². The second-order valence-electron chi connectivity index (χ2n) is 6.96. The Kier molecular flexibility index (Phi) is 6.06. The van der Waals surface area contributed by atoms with E-state index in [1.807, 2.05) is 59.9 Å². The van der Waals surface area contributed by atoms with Crippen molar-refractivity contribution in [1.29, 1.82) is 0 Å². The zero-order chi connectivity index (χ0) is 21.0. The van der Waals surface area contributed by atoms with Crippen molar-refractivity contribution in [1.82, 2.24) is 10.6 Å². The molecule has 4 nitrogen and oxygen atoms in total. The summed E-state index contributed by atoms with van der Waals surface area (Å²) in [7, 11) is 0. The third-order valence-corrected chi connectivity index (χ3v) is 5.01. The highest BCUT2D eigenvalue weighted by Crippen LogP contribution is 2.29. The van der Waals surface area contributed by atoms with Gasteiger partial charge in [0.2, 0.25) is 11.8 Å². The molecule has 2 amide bonds. The Hall–Kier alpha value is -3.09. The third-order valence-electron chi connectivity index (χ3n) is 5.01. The summed E-state index contributed by atoms with van der Waals surface area (Å²) in [5.74, 6) is -2.65. The summed E-state index contributed by atoms with van der Waals surface area (Å²) in [5, 5.41) is 4.75. The third kappa shape index (κ3) is 4.85. The lowest BCUT2D eigenvalue weighted by Gasteiger charge is -2.31. The molecule has 0 aliphatic carbocycles.